The molecule has 0 bridgehead atoms. The van der Waals surface area contributed by atoms with Crippen molar-refractivity contribution >= 4 is 15.9 Å². The van der Waals surface area contributed by atoms with E-state index in [1.54, 1.807) is 33.7 Å². The molecule has 1 aromatic carbocycles. The number of para-hydroxylation sites is 1. The van der Waals surface area contributed by atoms with Gasteiger partial charge in [0, 0.05) is 20.1 Å². The Morgan fingerprint density at radius 3 is 2.58 bits per heavy atom. The summed E-state index contributed by atoms with van der Waals surface area (Å²) in [6.07, 6.45) is 1.53. The summed E-state index contributed by atoms with van der Waals surface area (Å²) in [6, 6.07) is 6.76. The molecule has 128 valence electrons. The van der Waals surface area contributed by atoms with Crippen LogP contribution in [-0.2, 0) is 16.6 Å². The Balaban J connectivity index is 2.21. The zero-order chi connectivity index (χ0) is 17.5. The van der Waals surface area contributed by atoms with Crippen LogP contribution in [0.5, 0.6) is 0 Å². The molecule has 0 unspecified atom stereocenters. The molecule has 0 atom stereocenters. The Hall–Kier alpha value is -2.19. The van der Waals surface area contributed by atoms with Gasteiger partial charge in [-0.05, 0) is 26.0 Å². The van der Waals surface area contributed by atoms with Gasteiger partial charge in [-0.2, -0.15) is 4.31 Å². The molecular formula is C16H20N4O3S. The number of nitrogens with zero attached hydrogens (tertiary/aromatic N) is 4. The van der Waals surface area contributed by atoms with Crippen LogP contribution in [0.2, 0.25) is 0 Å². The molecule has 0 saturated heterocycles. The molecule has 0 spiro atoms. The summed E-state index contributed by atoms with van der Waals surface area (Å²) < 4.78 is 28.4. The number of carbonyl (C=O) groups excluding carboxylic acids is 1. The Morgan fingerprint density at radius 2 is 1.92 bits per heavy atom. The fourth-order valence-electron chi connectivity index (χ4n) is 2.91. The van der Waals surface area contributed by atoms with E-state index in [0.717, 1.165) is 0 Å². The number of sulfonamides is 1. The third-order valence-corrected chi connectivity index (χ3v) is 6.16. The average molecular weight is 348 g/mol. The lowest BCUT2D eigenvalue weighted by Crippen LogP contribution is -2.32. The average Bonchev–Trinajstić information content (AvgIpc) is 2.95. The van der Waals surface area contributed by atoms with Gasteiger partial charge in [0.2, 0.25) is 10.0 Å². The predicted octanol–water partition coefficient (Wildman–Crippen LogP) is 1.49. The monoisotopic (exact) mass is 348 g/mol. The maximum absolute atomic E-state index is 12.7. The van der Waals surface area contributed by atoms with E-state index in [1.165, 1.54) is 17.7 Å². The van der Waals surface area contributed by atoms with E-state index in [1.807, 2.05) is 13.8 Å². The molecule has 0 saturated carbocycles. The molecule has 0 radical (unpaired) electrons. The zero-order valence-corrected chi connectivity index (χ0v) is 14.7. The van der Waals surface area contributed by atoms with Crippen LogP contribution in [0.25, 0.3) is 5.69 Å². The largest absolute Gasteiger partial charge is 0.338 e. The van der Waals surface area contributed by atoms with Crippen molar-refractivity contribution in [3.8, 4) is 5.69 Å². The molecule has 1 aliphatic heterocycles. The molecule has 3 rings (SSSR count). The van der Waals surface area contributed by atoms with Crippen LogP contribution in [0.4, 0.5) is 0 Å². The minimum absolute atomic E-state index is 0.0966. The second kappa shape index (κ2) is 6.03. The van der Waals surface area contributed by atoms with E-state index >= 15 is 0 Å². The van der Waals surface area contributed by atoms with Gasteiger partial charge >= 0.3 is 0 Å². The highest BCUT2D eigenvalue weighted by Gasteiger charge is 2.33. The molecule has 1 aromatic heterocycles. The number of hydrogen-bond donors (Lipinski definition) is 0. The van der Waals surface area contributed by atoms with Crippen molar-refractivity contribution < 1.29 is 13.2 Å². The standard InChI is InChI=1S/C16H20N4O3S/c1-4-19(5-2)16(21)15-13-10-18(3)24(22,23)14-9-7-6-8-12(14)20(13)11-17-15/h6-9,11H,4-5,10H2,1-3H3. The van der Waals surface area contributed by atoms with Gasteiger partial charge in [-0.25, -0.2) is 13.4 Å². The first kappa shape index (κ1) is 16.7. The van der Waals surface area contributed by atoms with Crippen LogP contribution in [0.15, 0.2) is 35.5 Å². The molecule has 1 amide bonds. The van der Waals surface area contributed by atoms with Crippen molar-refractivity contribution in [2.45, 2.75) is 25.3 Å². The summed E-state index contributed by atoms with van der Waals surface area (Å²) in [7, 11) is -2.09. The van der Waals surface area contributed by atoms with E-state index in [2.05, 4.69) is 4.98 Å². The quantitative estimate of drug-likeness (QED) is 0.842. The zero-order valence-electron chi connectivity index (χ0n) is 13.9. The highest BCUT2D eigenvalue weighted by Crippen LogP contribution is 2.30. The molecule has 7 nitrogen and oxygen atoms in total. The van der Waals surface area contributed by atoms with Gasteiger partial charge in [-0.3, -0.25) is 9.36 Å². The first-order valence-electron chi connectivity index (χ1n) is 7.83. The van der Waals surface area contributed by atoms with Gasteiger partial charge in [0.15, 0.2) is 5.69 Å². The number of carbonyl (C=O) groups is 1. The van der Waals surface area contributed by atoms with Gasteiger partial charge in [0.25, 0.3) is 5.91 Å². The van der Waals surface area contributed by atoms with Crippen LogP contribution in [0.1, 0.15) is 30.0 Å². The molecule has 0 N–H and O–H groups in total. The fourth-order valence-corrected chi connectivity index (χ4v) is 4.22. The molecule has 8 heteroatoms. The summed E-state index contributed by atoms with van der Waals surface area (Å²) >= 11 is 0. The Kier molecular flexibility index (Phi) is 4.18. The number of benzene rings is 1. The first-order chi connectivity index (χ1) is 11.4. The summed E-state index contributed by atoms with van der Waals surface area (Å²) in [6.45, 7) is 5.06. The number of amides is 1. The van der Waals surface area contributed by atoms with Crippen LogP contribution in [0.3, 0.4) is 0 Å². The van der Waals surface area contributed by atoms with Crippen molar-refractivity contribution in [2.75, 3.05) is 20.1 Å². The third-order valence-electron chi connectivity index (χ3n) is 4.31. The molecule has 0 fully saturated rings. The number of fused-ring (bicyclic) bond motifs is 3. The van der Waals surface area contributed by atoms with Crippen molar-refractivity contribution in [1.29, 1.82) is 0 Å². The van der Waals surface area contributed by atoms with Crippen LogP contribution in [-0.4, -0.2) is 53.2 Å². The second-order valence-electron chi connectivity index (χ2n) is 5.62. The number of hydrogen-bond acceptors (Lipinski definition) is 4. The van der Waals surface area contributed by atoms with Crippen LogP contribution < -0.4 is 0 Å². The van der Waals surface area contributed by atoms with Gasteiger partial charge in [0.05, 0.1) is 17.9 Å². The smallest absolute Gasteiger partial charge is 0.274 e. The summed E-state index contributed by atoms with van der Waals surface area (Å²) in [5, 5.41) is 0. The van der Waals surface area contributed by atoms with Crippen LogP contribution >= 0.6 is 0 Å². The molecule has 2 heterocycles. The molecule has 24 heavy (non-hydrogen) atoms. The fraction of sp³-hybridized carbons (Fsp3) is 0.375. The number of imidazole rings is 1. The highest BCUT2D eigenvalue weighted by molar-refractivity contribution is 7.89. The lowest BCUT2D eigenvalue weighted by molar-refractivity contribution is 0.0766. The lowest BCUT2D eigenvalue weighted by atomic mass is 10.2. The Bertz CT molecular complexity index is 884. The molecular weight excluding hydrogens is 328 g/mol. The molecule has 0 aliphatic carbocycles. The lowest BCUT2D eigenvalue weighted by Gasteiger charge is -2.19. The molecule has 1 aliphatic rings. The Morgan fingerprint density at radius 1 is 1.25 bits per heavy atom. The predicted molar refractivity (Wildman–Crippen MR) is 89.5 cm³/mol. The van der Waals surface area contributed by atoms with Crippen molar-refractivity contribution in [3.05, 3.63) is 42.0 Å². The highest BCUT2D eigenvalue weighted by atomic mass is 32.2. The number of rotatable bonds is 3. The molecule has 2 aromatic rings. The van der Waals surface area contributed by atoms with E-state index in [0.29, 0.717) is 30.2 Å². The second-order valence-corrected chi connectivity index (χ2v) is 7.63. The summed E-state index contributed by atoms with van der Waals surface area (Å²) in [4.78, 5) is 18.9. The summed E-state index contributed by atoms with van der Waals surface area (Å²) in [5.74, 6) is -0.182. The third kappa shape index (κ3) is 2.42. The van der Waals surface area contributed by atoms with Gasteiger partial charge in [0.1, 0.15) is 11.2 Å². The normalized spacial score (nSPS) is 16.1. The van der Waals surface area contributed by atoms with Crippen molar-refractivity contribution in [3.63, 3.8) is 0 Å². The first-order valence-corrected chi connectivity index (χ1v) is 9.27. The minimum Gasteiger partial charge on any atom is -0.338 e. The van der Waals surface area contributed by atoms with Crippen LogP contribution in [0, 0.1) is 0 Å². The van der Waals surface area contributed by atoms with Gasteiger partial charge < -0.3 is 4.90 Å². The van der Waals surface area contributed by atoms with Gasteiger partial charge in [-0.15, -0.1) is 0 Å². The van der Waals surface area contributed by atoms with Gasteiger partial charge in [-0.1, -0.05) is 12.1 Å². The maximum atomic E-state index is 12.7. The SMILES string of the molecule is CCN(CC)C(=O)c1ncn2c1CN(C)S(=O)(=O)c1ccccc1-2. The van der Waals surface area contributed by atoms with E-state index in [9.17, 15) is 13.2 Å². The van der Waals surface area contributed by atoms with Crippen molar-refractivity contribution in [2.24, 2.45) is 0 Å². The number of aromatic nitrogens is 2. The van der Waals surface area contributed by atoms with Crippen molar-refractivity contribution in [1.82, 2.24) is 18.8 Å². The van der Waals surface area contributed by atoms with E-state index in [-0.39, 0.29) is 17.3 Å². The maximum Gasteiger partial charge on any atom is 0.274 e. The summed E-state index contributed by atoms with van der Waals surface area (Å²) in [5.41, 5.74) is 1.41. The Labute approximate surface area is 141 Å². The minimum atomic E-state index is -3.61. The topological polar surface area (TPSA) is 75.5 Å². The van der Waals surface area contributed by atoms with E-state index in [4.69, 9.17) is 0 Å². The van der Waals surface area contributed by atoms with E-state index < -0.39 is 10.0 Å².